The van der Waals surface area contributed by atoms with E-state index < -0.39 is 0 Å². The van der Waals surface area contributed by atoms with Crippen LogP contribution in [-0.2, 0) is 13.1 Å². The highest BCUT2D eigenvalue weighted by Gasteiger charge is 2.23. The Kier molecular flexibility index (Phi) is 5.55. The first-order chi connectivity index (χ1) is 9.17. The van der Waals surface area contributed by atoms with E-state index in [9.17, 15) is 0 Å². The molecule has 0 N–H and O–H groups in total. The van der Waals surface area contributed by atoms with E-state index in [1.165, 1.54) is 25.7 Å². The summed E-state index contributed by atoms with van der Waals surface area (Å²) in [6.07, 6.45) is 5.04. The first kappa shape index (κ1) is 15.1. The predicted octanol–water partition coefficient (Wildman–Crippen LogP) is 3.85. The summed E-state index contributed by atoms with van der Waals surface area (Å²) in [5.41, 5.74) is 2.06. The second kappa shape index (κ2) is 6.96. The quantitative estimate of drug-likeness (QED) is 0.788. The van der Waals surface area contributed by atoms with E-state index in [2.05, 4.69) is 16.9 Å². The molecule has 108 valence electrons. The van der Waals surface area contributed by atoms with Crippen molar-refractivity contribution in [3.63, 3.8) is 0 Å². The molecule has 1 saturated heterocycles. The molecule has 1 atom stereocenters. The standard InChI is InChI=1S/C14H23Cl2N3/c1-3-19-13(14(16)11(2)17-19)10-18-8-6-4-5-7-12(18)9-15/h12H,3-10H2,1-2H3. The minimum absolute atomic E-state index is 0.473. The number of halogens is 2. The molecule has 1 aromatic rings. The third-order valence-electron chi connectivity index (χ3n) is 3.98. The molecule has 0 saturated carbocycles. The van der Waals surface area contributed by atoms with Gasteiger partial charge < -0.3 is 0 Å². The molecular formula is C14H23Cl2N3. The van der Waals surface area contributed by atoms with E-state index in [0.717, 1.165) is 36.0 Å². The molecule has 0 radical (unpaired) electrons. The van der Waals surface area contributed by atoms with Crippen molar-refractivity contribution in [1.29, 1.82) is 0 Å². The van der Waals surface area contributed by atoms with Crippen LogP contribution in [0.3, 0.4) is 0 Å². The molecule has 0 bridgehead atoms. The van der Waals surface area contributed by atoms with Gasteiger partial charge in [0.2, 0.25) is 0 Å². The molecule has 1 aliphatic rings. The first-order valence-corrected chi connectivity index (χ1v) is 8.10. The SMILES string of the molecule is CCn1nc(C)c(Cl)c1CN1CCCCCC1CCl. The van der Waals surface area contributed by atoms with Gasteiger partial charge in [0, 0.05) is 25.0 Å². The zero-order valence-corrected chi connectivity index (χ0v) is 13.3. The number of likely N-dealkylation sites (tertiary alicyclic amines) is 1. The van der Waals surface area contributed by atoms with Gasteiger partial charge in [-0.05, 0) is 33.2 Å². The second-order valence-electron chi connectivity index (χ2n) is 5.29. The lowest BCUT2D eigenvalue weighted by Gasteiger charge is -2.28. The summed E-state index contributed by atoms with van der Waals surface area (Å²) in [6, 6.07) is 0.473. The number of nitrogens with zero attached hydrogens (tertiary/aromatic N) is 3. The Hall–Kier alpha value is -0.250. The largest absolute Gasteiger partial charge is 0.293 e. The minimum atomic E-state index is 0.473. The zero-order valence-electron chi connectivity index (χ0n) is 11.8. The third-order valence-corrected chi connectivity index (χ3v) is 4.83. The van der Waals surface area contributed by atoms with Crippen LogP contribution in [0, 0.1) is 6.92 Å². The van der Waals surface area contributed by atoms with Crippen LogP contribution in [0.5, 0.6) is 0 Å². The van der Waals surface area contributed by atoms with Crippen molar-refractivity contribution in [2.75, 3.05) is 12.4 Å². The highest BCUT2D eigenvalue weighted by Crippen LogP contribution is 2.25. The van der Waals surface area contributed by atoms with Crippen molar-refractivity contribution in [1.82, 2.24) is 14.7 Å². The summed E-state index contributed by atoms with van der Waals surface area (Å²) in [5.74, 6) is 0.705. The summed E-state index contributed by atoms with van der Waals surface area (Å²) in [7, 11) is 0. The van der Waals surface area contributed by atoms with Crippen molar-refractivity contribution in [3.8, 4) is 0 Å². The number of rotatable bonds is 4. The molecule has 0 spiro atoms. The Labute approximate surface area is 125 Å². The van der Waals surface area contributed by atoms with Gasteiger partial charge in [0.15, 0.2) is 0 Å². The van der Waals surface area contributed by atoms with Gasteiger partial charge in [-0.2, -0.15) is 5.10 Å². The minimum Gasteiger partial charge on any atom is -0.293 e. The Morgan fingerprint density at radius 2 is 2.11 bits per heavy atom. The molecule has 19 heavy (non-hydrogen) atoms. The fourth-order valence-corrected chi connectivity index (χ4v) is 3.38. The summed E-state index contributed by atoms with van der Waals surface area (Å²) >= 11 is 12.5. The van der Waals surface area contributed by atoms with Gasteiger partial charge in [-0.3, -0.25) is 9.58 Å². The average Bonchev–Trinajstić information content (AvgIpc) is 2.60. The Morgan fingerprint density at radius 1 is 1.32 bits per heavy atom. The van der Waals surface area contributed by atoms with Crippen molar-refractivity contribution in [2.45, 2.75) is 58.7 Å². The summed E-state index contributed by atoms with van der Waals surface area (Å²) in [4.78, 5) is 2.48. The Balaban J connectivity index is 2.18. The molecular weight excluding hydrogens is 281 g/mol. The van der Waals surface area contributed by atoms with E-state index in [4.69, 9.17) is 23.2 Å². The van der Waals surface area contributed by atoms with Crippen LogP contribution >= 0.6 is 23.2 Å². The lowest BCUT2D eigenvalue weighted by atomic mass is 10.1. The fourth-order valence-electron chi connectivity index (χ4n) is 2.83. The zero-order chi connectivity index (χ0) is 13.8. The van der Waals surface area contributed by atoms with Crippen LogP contribution in [0.1, 0.15) is 44.0 Å². The number of aryl methyl sites for hydroxylation is 2. The van der Waals surface area contributed by atoms with Crippen LogP contribution in [-0.4, -0.2) is 33.1 Å². The Morgan fingerprint density at radius 3 is 2.79 bits per heavy atom. The lowest BCUT2D eigenvalue weighted by Crippen LogP contribution is -2.36. The number of hydrogen-bond donors (Lipinski definition) is 0. The topological polar surface area (TPSA) is 21.1 Å². The molecule has 1 aliphatic heterocycles. The molecule has 3 nitrogen and oxygen atoms in total. The molecule has 2 heterocycles. The monoisotopic (exact) mass is 303 g/mol. The van der Waals surface area contributed by atoms with E-state index in [0.29, 0.717) is 11.9 Å². The first-order valence-electron chi connectivity index (χ1n) is 7.19. The molecule has 5 heteroatoms. The molecule has 0 aliphatic carbocycles. The Bertz CT molecular complexity index is 417. The molecule has 1 aromatic heterocycles. The molecule has 0 aromatic carbocycles. The maximum Gasteiger partial charge on any atom is 0.0860 e. The maximum atomic E-state index is 6.40. The lowest BCUT2D eigenvalue weighted by molar-refractivity contribution is 0.201. The smallest absolute Gasteiger partial charge is 0.0860 e. The number of aromatic nitrogens is 2. The van der Waals surface area contributed by atoms with Gasteiger partial charge in [0.1, 0.15) is 0 Å². The summed E-state index contributed by atoms with van der Waals surface area (Å²) in [5, 5.41) is 5.31. The van der Waals surface area contributed by atoms with Crippen LogP contribution in [0.2, 0.25) is 5.02 Å². The molecule has 2 rings (SSSR count). The van der Waals surface area contributed by atoms with E-state index in [1.54, 1.807) is 0 Å². The van der Waals surface area contributed by atoms with Crippen molar-refractivity contribution in [3.05, 3.63) is 16.4 Å². The molecule has 1 fully saturated rings. The van der Waals surface area contributed by atoms with Gasteiger partial charge in [-0.1, -0.05) is 24.4 Å². The average molecular weight is 304 g/mol. The van der Waals surface area contributed by atoms with Gasteiger partial charge >= 0.3 is 0 Å². The van der Waals surface area contributed by atoms with Crippen molar-refractivity contribution < 1.29 is 0 Å². The summed E-state index contributed by atoms with van der Waals surface area (Å²) in [6.45, 7) is 6.92. The number of hydrogen-bond acceptors (Lipinski definition) is 2. The van der Waals surface area contributed by atoms with Gasteiger partial charge in [-0.25, -0.2) is 0 Å². The highest BCUT2D eigenvalue weighted by atomic mass is 35.5. The third kappa shape index (κ3) is 3.45. The predicted molar refractivity (Wildman–Crippen MR) is 81.0 cm³/mol. The van der Waals surface area contributed by atoms with Crippen LogP contribution in [0.4, 0.5) is 0 Å². The van der Waals surface area contributed by atoms with Crippen LogP contribution in [0.15, 0.2) is 0 Å². The molecule has 1 unspecified atom stereocenters. The van der Waals surface area contributed by atoms with Crippen molar-refractivity contribution >= 4 is 23.2 Å². The fraction of sp³-hybridized carbons (Fsp3) is 0.786. The van der Waals surface area contributed by atoms with Gasteiger partial charge in [0.05, 0.1) is 16.4 Å². The second-order valence-corrected chi connectivity index (χ2v) is 5.98. The van der Waals surface area contributed by atoms with Gasteiger partial charge in [0.25, 0.3) is 0 Å². The van der Waals surface area contributed by atoms with E-state index in [-0.39, 0.29) is 0 Å². The maximum absolute atomic E-state index is 6.40. The molecule has 0 amide bonds. The highest BCUT2D eigenvalue weighted by molar-refractivity contribution is 6.31. The van der Waals surface area contributed by atoms with E-state index >= 15 is 0 Å². The van der Waals surface area contributed by atoms with Gasteiger partial charge in [-0.15, -0.1) is 11.6 Å². The van der Waals surface area contributed by atoms with Crippen LogP contribution in [0.25, 0.3) is 0 Å². The summed E-state index contributed by atoms with van der Waals surface area (Å²) < 4.78 is 2.02. The van der Waals surface area contributed by atoms with Crippen LogP contribution < -0.4 is 0 Å². The van der Waals surface area contributed by atoms with Crippen molar-refractivity contribution in [2.24, 2.45) is 0 Å². The normalized spacial score (nSPS) is 21.6. The number of alkyl halides is 1. The van der Waals surface area contributed by atoms with E-state index in [1.807, 2.05) is 11.6 Å².